The van der Waals surface area contributed by atoms with Gasteiger partial charge in [0.2, 0.25) is 10.0 Å². The van der Waals surface area contributed by atoms with E-state index >= 15 is 0 Å². The second-order valence-electron chi connectivity index (χ2n) is 3.47. The molecule has 0 heterocycles. The van der Waals surface area contributed by atoms with Crippen LogP contribution in [0.2, 0.25) is 0 Å². The molecule has 4 nitrogen and oxygen atoms in total. The first-order chi connectivity index (χ1) is 7.49. The summed E-state index contributed by atoms with van der Waals surface area (Å²) >= 11 is 0. The molecule has 1 aromatic rings. The molecule has 0 N–H and O–H groups in total. The largest absolute Gasteiger partial charge is 0.213 e. The van der Waals surface area contributed by atoms with E-state index in [1.165, 1.54) is 4.31 Å². The quantitative estimate of drug-likeness (QED) is 0.795. The number of hydrogen-bond acceptors (Lipinski definition) is 3. The van der Waals surface area contributed by atoms with E-state index in [4.69, 9.17) is 5.26 Å². The third kappa shape index (κ3) is 3.05. The Morgan fingerprint density at radius 2 is 1.88 bits per heavy atom. The second kappa shape index (κ2) is 5.10. The summed E-state index contributed by atoms with van der Waals surface area (Å²) in [6.07, 6.45) is 0. The van der Waals surface area contributed by atoms with Crippen LogP contribution >= 0.6 is 0 Å². The van der Waals surface area contributed by atoms with Crippen molar-refractivity contribution in [3.05, 3.63) is 35.4 Å². The van der Waals surface area contributed by atoms with Crippen LogP contribution in [-0.2, 0) is 16.6 Å². The summed E-state index contributed by atoms with van der Waals surface area (Å²) in [4.78, 5) is 0. The Balaban J connectivity index is 2.78. The molecular weight excluding hydrogens is 224 g/mol. The highest BCUT2D eigenvalue weighted by molar-refractivity contribution is 7.89. The zero-order valence-electron chi connectivity index (χ0n) is 9.34. The maximum atomic E-state index is 11.5. The van der Waals surface area contributed by atoms with Crippen LogP contribution in [0.25, 0.3) is 0 Å². The first-order valence-electron chi connectivity index (χ1n) is 4.92. The third-order valence-corrected chi connectivity index (χ3v) is 4.14. The molecule has 0 amide bonds. The summed E-state index contributed by atoms with van der Waals surface area (Å²) in [6.45, 7) is 1.95. The smallest absolute Gasteiger partial charge is 0.212 e. The Bertz CT molecular complexity index is 486. The van der Waals surface area contributed by atoms with E-state index < -0.39 is 10.0 Å². The first kappa shape index (κ1) is 12.7. The van der Waals surface area contributed by atoms with Crippen LogP contribution in [-0.4, -0.2) is 25.5 Å². The van der Waals surface area contributed by atoms with Gasteiger partial charge in [-0.2, -0.15) is 5.26 Å². The molecular formula is C11H14N2O2S. The van der Waals surface area contributed by atoms with Gasteiger partial charge in [-0.3, -0.25) is 0 Å². The van der Waals surface area contributed by atoms with Crippen LogP contribution in [0.1, 0.15) is 18.1 Å². The number of nitriles is 1. The molecule has 0 aromatic heterocycles. The van der Waals surface area contributed by atoms with Gasteiger partial charge in [-0.05, 0) is 24.6 Å². The molecule has 16 heavy (non-hydrogen) atoms. The Kier molecular flexibility index (Phi) is 4.05. The van der Waals surface area contributed by atoms with Crippen molar-refractivity contribution in [3.63, 3.8) is 0 Å². The normalized spacial score (nSPS) is 11.4. The van der Waals surface area contributed by atoms with Gasteiger partial charge in [0.05, 0.1) is 17.4 Å². The van der Waals surface area contributed by atoms with Crippen molar-refractivity contribution in [2.45, 2.75) is 13.5 Å². The molecule has 0 radical (unpaired) electrons. The van der Waals surface area contributed by atoms with Gasteiger partial charge in [0.25, 0.3) is 0 Å². The first-order valence-corrected chi connectivity index (χ1v) is 6.53. The van der Waals surface area contributed by atoms with Crippen LogP contribution in [0.5, 0.6) is 0 Å². The number of benzene rings is 1. The van der Waals surface area contributed by atoms with Crippen LogP contribution in [0.4, 0.5) is 0 Å². The van der Waals surface area contributed by atoms with Gasteiger partial charge in [0.15, 0.2) is 0 Å². The van der Waals surface area contributed by atoms with Crippen molar-refractivity contribution in [2.24, 2.45) is 0 Å². The van der Waals surface area contributed by atoms with E-state index in [1.807, 2.05) is 6.07 Å². The van der Waals surface area contributed by atoms with Gasteiger partial charge in [0, 0.05) is 13.6 Å². The fourth-order valence-electron chi connectivity index (χ4n) is 1.26. The Labute approximate surface area is 96.2 Å². The lowest BCUT2D eigenvalue weighted by Crippen LogP contribution is -2.27. The van der Waals surface area contributed by atoms with E-state index in [1.54, 1.807) is 38.2 Å². The molecule has 0 saturated heterocycles. The molecule has 0 spiro atoms. The van der Waals surface area contributed by atoms with E-state index in [0.29, 0.717) is 12.1 Å². The molecule has 0 atom stereocenters. The molecule has 0 aliphatic heterocycles. The Hall–Kier alpha value is -1.38. The average Bonchev–Trinajstić information content (AvgIpc) is 2.30. The fraction of sp³-hybridized carbons (Fsp3) is 0.364. The van der Waals surface area contributed by atoms with Crippen molar-refractivity contribution in [1.82, 2.24) is 4.31 Å². The Morgan fingerprint density at radius 3 is 2.31 bits per heavy atom. The summed E-state index contributed by atoms with van der Waals surface area (Å²) in [5, 5.41) is 8.62. The summed E-state index contributed by atoms with van der Waals surface area (Å²) in [5.41, 5.74) is 1.45. The standard InChI is InChI=1S/C11H14N2O2S/c1-3-16(14,15)13(2)9-11-6-4-10(8-12)5-7-11/h4-7H,3,9H2,1-2H3. The maximum absolute atomic E-state index is 11.5. The van der Waals surface area contributed by atoms with Crippen molar-refractivity contribution in [3.8, 4) is 6.07 Å². The lowest BCUT2D eigenvalue weighted by atomic mass is 10.1. The topological polar surface area (TPSA) is 61.2 Å². The maximum Gasteiger partial charge on any atom is 0.213 e. The van der Waals surface area contributed by atoms with Gasteiger partial charge >= 0.3 is 0 Å². The minimum absolute atomic E-state index is 0.0970. The number of nitrogens with zero attached hydrogens (tertiary/aromatic N) is 2. The highest BCUT2D eigenvalue weighted by atomic mass is 32.2. The van der Waals surface area contributed by atoms with Crippen LogP contribution in [0, 0.1) is 11.3 Å². The molecule has 1 aromatic carbocycles. The van der Waals surface area contributed by atoms with Gasteiger partial charge in [0.1, 0.15) is 0 Å². The van der Waals surface area contributed by atoms with Gasteiger partial charge in [-0.15, -0.1) is 0 Å². The lowest BCUT2D eigenvalue weighted by Gasteiger charge is -2.15. The SMILES string of the molecule is CCS(=O)(=O)N(C)Cc1ccc(C#N)cc1. The number of sulfonamides is 1. The zero-order valence-corrected chi connectivity index (χ0v) is 10.2. The van der Waals surface area contributed by atoms with E-state index in [9.17, 15) is 8.42 Å². The van der Waals surface area contributed by atoms with Crippen molar-refractivity contribution in [2.75, 3.05) is 12.8 Å². The second-order valence-corrected chi connectivity index (χ2v) is 5.83. The fourth-order valence-corrected chi connectivity index (χ4v) is 2.05. The zero-order chi connectivity index (χ0) is 12.2. The molecule has 0 unspecified atom stereocenters. The minimum Gasteiger partial charge on any atom is -0.212 e. The summed E-state index contributed by atoms with van der Waals surface area (Å²) < 4.78 is 24.3. The van der Waals surface area contributed by atoms with Gasteiger partial charge < -0.3 is 0 Å². The summed E-state index contributed by atoms with van der Waals surface area (Å²) in [5.74, 6) is 0.0970. The van der Waals surface area contributed by atoms with Crippen molar-refractivity contribution in [1.29, 1.82) is 5.26 Å². The average molecular weight is 238 g/mol. The highest BCUT2D eigenvalue weighted by Gasteiger charge is 2.14. The molecule has 0 aliphatic rings. The van der Waals surface area contributed by atoms with Crippen LogP contribution in [0.15, 0.2) is 24.3 Å². The predicted molar refractivity (Wildman–Crippen MR) is 62.1 cm³/mol. The Morgan fingerprint density at radius 1 is 1.31 bits per heavy atom. The molecule has 1 rings (SSSR count). The molecule has 0 bridgehead atoms. The highest BCUT2D eigenvalue weighted by Crippen LogP contribution is 2.08. The monoisotopic (exact) mass is 238 g/mol. The van der Waals surface area contributed by atoms with Crippen molar-refractivity contribution < 1.29 is 8.42 Å². The predicted octanol–water partition coefficient (Wildman–Crippen LogP) is 1.34. The van der Waals surface area contributed by atoms with E-state index in [-0.39, 0.29) is 5.75 Å². The summed E-state index contributed by atoms with van der Waals surface area (Å²) in [6, 6.07) is 8.91. The number of hydrogen-bond donors (Lipinski definition) is 0. The lowest BCUT2D eigenvalue weighted by molar-refractivity contribution is 0.468. The molecule has 86 valence electrons. The third-order valence-electron chi connectivity index (χ3n) is 2.33. The molecule has 0 fully saturated rings. The van der Waals surface area contributed by atoms with Gasteiger partial charge in [-0.1, -0.05) is 12.1 Å². The van der Waals surface area contributed by atoms with Crippen LogP contribution in [0.3, 0.4) is 0 Å². The van der Waals surface area contributed by atoms with Gasteiger partial charge in [-0.25, -0.2) is 12.7 Å². The molecule has 5 heteroatoms. The van der Waals surface area contributed by atoms with Crippen LogP contribution < -0.4 is 0 Å². The minimum atomic E-state index is -3.14. The summed E-state index contributed by atoms with van der Waals surface area (Å²) in [7, 11) is -1.59. The van der Waals surface area contributed by atoms with Crippen molar-refractivity contribution >= 4 is 10.0 Å². The number of rotatable bonds is 4. The molecule has 0 aliphatic carbocycles. The molecule has 0 saturated carbocycles. The van der Waals surface area contributed by atoms with E-state index in [0.717, 1.165) is 5.56 Å². The van der Waals surface area contributed by atoms with E-state index in [2.05, 4.69) is 0 Å².